The number of aliphatic imine (C=N–C) groups is 1. The first-order valence-corrected chi connectivity index (χ1v) is 14.9. The zero-order chi connectivity index (χ0) is 29.2. The quantitative estimate of drug-likeness (QED) is 0.224. The number of pyridine rings is 1. The zero-order valence-electron chi connectivity index (χ0n) is 23.7. The van der Waals surface area contributed by atoms with Gasteiger partial charge in [0, 0.05) is 37.7 Å². The third kappa shape index (κ3) is 9.18. The predicted octanol–water partition coefficient (Wildman–Crippen LogP) is 0.138. The van der Waals surface area contributed by atoms with Crippen LogP contribution in [-0.2, 0) is 19.6 Å². The second-order valence-corrected chi connectivity index (χ2v) is 12.1. The Morgan fingerprint density at radius 1 is 1.33 bits per heavy atom. The van der Waals surface area contributed by atoms with Crippen LogP contribution in [0.2, 0.25) is 0 Å². The zero-order valence-corrected chi connectivity index (χ0v) is 24.5. The molecular weight excluding hydrogens is 522 g/mol. The molecule has 1 saturated heterocycles. The fourth-order valence-corrected chi connectivity index (χ4v) is 6.07. The van der Waals surface area contributed by atoms with Gasteiger partial charge < -0.3 is 21.1 Å². The summed E-state index contributed by atoms with van der Waals surface area (Å²) < 4.78 is 30.4. The van der Waals surface area contributed by atoms with Crippen LogP contribution in [0.1, 0.15) is 46.5 Å². The molecule has 2 amide bonds. The van der Waals surface area contributed by atoms with Crippen molar-refractivity contribution in [1.29, 1.82) is 0 Å². The van der Waals surface area contributed by atoms with Crippen molar-refractivity contribution in [3.63, 3.8) is 0 Å². The fraction of sp³-hybridized carbons (Fsp3) is 0.692. The normalized spacial score (nSPS) is 21.4. The molecule has 2 rings (SSSR count). The Morgan fingerprint density at radius 3 is 2.64 bits per heavy atom. The van der Waals surface area contributed by atoms with Crippen LogP contribution >= 0.6 is 0 Å². The summed E-state index contributed by atoms with van der Waals surface area (Å²) in [5, 5.41) is 13.9. The molecule has 1 aromatic rings. The Labute approximate surface area is 232 Å². The van der Waals surface area contributed by atoms with Crippen molar-refractivity contribution >= 4 is 27.8 Å². The Hall–Kier alpha value is -2.70. The Balaban J connectivity index is 2.69. The van der Waals surface area contributed by atoms with E-state index in [1.165, 1.54) is 18.3 Å². The van der Waals surface area contributed by atoms with E-state index in [4.69, 9.17) is 5.73 Å². The van der Waals surface area contributed by atoms with E-state index < -0.39 is 45.9 Å². The monoisotopic (exact) mass is 566 g/mol. The lowest BCUT2D eigenvalue weighted by Crippen LogP contribution is -2.56. The number of aliphatic hydroxyl groups is 1. The molecule has 218 valence electrons. The van der Waals surface area contributed by atoms with Crippen molar-refractivity contribution in [2.24, 2.45) is 16.6 Å². The van der Waals surface area contributed by atoms with Gasteiger partial charge in [0.2, 0.25) is 5.91 Å². The molecule has 39 heavy (non-hydrogen) atoms. The number of sulfonamides is 1. The van der Waals surface area contributed by atoms with Gasteiger partial charge in [0.15, 0.2) is 11.1 Å². The van der Waals surface area contributed by atoms with Crippen molar-refractivity contribution in [3.8, 4) is 0 Å². The molecule has 12 nitrogen and oxygen atoms in total. The van der Waals surface area contributed by atoms with E-state index in [-0.39, 0.29) is 30.5 Å². The lowest BCUT2D eigenvalue weighted by atomic mass is 9.98. The number of aromatic nitrogens is 1. The van der Waals surface area contributed by atoms with Crippen LogP contribution < -0.4 is 11.1 Å². The second kappa shape index (κ2) is 15.2. The molecule has 0 aliphatic carbocycles. The van der Waals surface area contributed by atoms with E-state index >= 15 is 0 Å². The van der Waals surface area contributed by atoms with Crippen LogP contribution in [0.4, 0.5) is 0 Å². The molecule has 0 spiro atoms. The highest BCUT2D eigenvalue weighted by atomic mass is 32.2. The van der Waals surface area contributed by atoms with E-state index in [1.807, 2.05) is 32.8 Å². The van der Waals surface area contributed by atoms with Crippen LogP contribution in [0.3, 0.4) is 0 Å². The highest BCUT2D eigenvalue weighted by molar-refractivity contribution is 7.89. The van der Waals surface area contributed by atoms with Gasteiger partial charge in [0.05, 0.1) is 18.7 Å². The first-order chi connectivity index (χ1) is 18.4. The number of amides is 2. The third-order valence-corrected chi connectivity index (χ3v) is 8.52. The van der Waals surface area contributed by atoms with Crippen molar-refractivity contribution < 1.29 is 27.7 Å². The number of nitrogens with one attached hydrogen (secondary N) is 1. The molecular formula is C26H44N7O5S+. The number of hydrogen-bond acceptors (Lipinski definition) is 9. The molecule has 2 heterocycles. The van der Waals surface area contributed by atoms with Crippen molar-refractivity contribution in [2.45, 2.75) is 75.7 Å². The Morgan fingerprint density at radius 2 is 2.05 bits per heavy atom. The maximum absolute atomic E-state index is 14.5. The van der Waals surface area contributed by atoms with E-state index in [0.717, 1.165) is 4.31 Å². The smallest absolute Gasteiger partial charge is 0.307 e. The summed E-state index contributed by atoms with van der Waals surface area (Å²) in [6.07, 6.45) is 1.56. The molecule has 13 heteroatoms. The SMILES string of the molecule is CCN=C=[N+](CCCN(C)C)[C@@H](CC(C)C(N)=O)C(=O)N([C@H]1CC[C@@H](C)NC[C@@H]1O)S(=O)(=O)c1ccccn1. The first-order valence-electron chi connectivity index (χ1n) is 13.4. The number of aliphatic hydroxyl groups excluding tert-OH is 1. The molecule has 1 aliphatic heterocycles. The van der Waals surface area contributed by atoms with E-state index in [1.54, 1.807) is 17.6 Å². The number of rotatable bonds is 13. The summed E-state index contributed by atoms with van der Waals surface area (Å²) in [4.78, 5) is 36.8. The average molecular weight is 567 g/mol. The van der Waals surface area contributed by atoms with Crippen molar-refractivity contribution in [2.75, 3.05) is 40.3 Å². The fourth-order valence-electron chi connectivity index (χ4n) is 4.46. The minimum atomic E-state index is -4.48. The molecule has 1 fully saturated rings. The third-order valence-electron chi connectivity index (χ3n) is 6.78. The van der Waals surface area contributed by atoms with Gasteiger partial charge in [0.1, 0.15) is 6.54 Å². The lowest BCUT2D eigenvalue weighted by molar-refractivity contribution is -0.549. The summed E-state index contributed by atoms with van der Waals surface area (Å²) in [6, 6.07) is 5.19. The van der Waals surface area contributed by atoms with Crippen LogP contribution in [0, 0.1) is 5.92 Å². The Kier molecular flexibility index (Phi) is 12.7. The number of hydrogen-bond donors (Lipinski definition) is 3. The predicted molar refractivity (Wildman–Crippen MR) is 148 cm³/mol. The molecule has 1 unspecified atom stereocenters. The number of β-amino-alcohol motifs (C(OH)–C–C–N with tert-alkyl or cyclic N) is 1. The average Bonchev–Trinajstić information content (AvgIpc) is 3.05. The molecule has 0 saturated carbocycles. The van der Waals surface area contributed by atoms with Gasteiger partial charge in [-0.15, -0.1) is 0 Å². The molecule has 5 atom stereocenters. The van der Waals surface area contributed by atoms with E-state index in [2.05, 4.69) is 21.3 Å². The molecule has 0 bridgehead atoms. The highest BCUT2D eigenvalue weighted by Gasteiger charge is 2.46. The molecule has 0 radical (unpaired) electrons. The van der Waals surface area contributed by atoms with Gasteiger partial charge in [-0.3, -0.25) is 9.59 Å². The van der Waals surface area contributed by atoms with Crippen LogP contribution in [-0.4, -0.2) is 115 Å². The summed E-state index contributed by atoms with van der Waals surface area (Å²) in [5.41, 5.74) is 5.57. The Bertz CT molecular complexity index is 1120. The lowest BCUT2D eigenvalue weighted by Gasteiger charge is -2.34. The molecule has 4 N–H and O–H groups in total. The number of nitrogens with two attached hydrogens (primary N) is 1. The van der Waals surface area contributed by atoms with Crippen LogP contribution in [0.25, 0.3) is 0 Å². The van der Waals surface area contributed by atoms with Gasteiger partial charge in [-0.1, -0.05) is 13.0 Å². The topological polar surface area (TPSA) is 161 Å². The summed E-state index contributed by atoms with van der Waals surface area (Å²) in [7, 11) is -0.628. The number of nitrogens with zero attached hydrogens (tertiary/aromatic N) is 5. The maximum atomic E-state index is 14.5. The van der Waals surface area contributed by atoms with Crippen molar-refractivity contribution in [1.82, 2.24) is 19.5 Å². The first kappa shape index (κ1) is 32.5. The maximum Gasteiger partial charge on any atom is 0.307 e. The number of carbonyl (C=O) groups is 2. The van der Waals surface area contributed by atoms with Crippen molar-refractivity contribution in [3.05, 3.63) is 24.4 Å². The second-order valence-electron chi connectivity index (χ2n) is 10.3. The van der Waals surface area contributed by atoms with E-state index in [9.17, 15) is 23.1 Å². The van der Waals surface area contributed by atoms with Crippen LogP contribution in [0.5, 0.6) is 0 Å². The summed E-state index contributed by atoms with van der Waals surface area (Å²) >= 11 is 0. The highest BCUT2D eigenvalue weighted by Crippen LogP contribution is 2.26. The summed E-state index contributed by atoms with van der Waals surface area (Å²) in [6.45, 7) is 6.92. The molecule has 1 aromatic heterocycles. The van der Waals surface area contributed by atoms with Gasteiger partial charge in [0.25, 0.3) is 15.9 Å². The largest absolute Gasteiger partial charge is 0.390 e. The van der Waals surface area contributed by atoms with Gasteiger partial charge in [-0.05, 0) is 64.3 Å². The van der Waals surface area contributed by atoms with E-state index in [0.29, 0.717) is 32.5 Å². The van der Waals surface area contributed by atoms with Gasteiger partial charge in [-0.25, -0.2) is 13.9 Å². The van der Waals surface area contributed by atoms with Crippen LogP contribution in [0.15, 0.2) is 34.4 Å². The van der Waals surface area contributed by atoms with Gasteiger partial charge >= 0.3 is 6.01 Å². The molecule has 0 aromatic carbocycles. The number of carbonyl (C=O) groups excluding carboxylic acids is 2. The minimum Gasteiger partial charge on any atom is -0.390 e. The number of primary amides is 1. The standard InChI is InChI=1S/C26H43N7O5S/c1-6-28-18-32(15-9-14-31(4)5)22(16-19(2)25(27)35)26(36)33(21-12-11-20(3)30-17-23(21)34)39(37,38)24-10-7-8-13-29-24/h7-8,10,13,19-23,30,34H,6,9,11-12,14-17H2,1-5H3,(H-,27,35)/p+1/t19?,20-,21+,22+,23+/m1/s1. The molecule has 1 aliphatic rings. The summed E-state index contributed by atoms with van der Waals surface area (Å²) in [5.74, 6) is -2.13. The van der Waals surface area contributed by atoms with Gasteiger partial charge in [-0.2, -0.15) is 8.42 Å². The minimum absolute atomic E-state index is 0.0254.